The summed E-state index contributed by atoms with van der Waals surface area (Å²) >= 11 is 1.59. The molecular formula is C11H14N4OS. The van der Waals surface area contributed by atoms with E-state index in [4.69, 9.17) is 4.74 Å². The molecule has 0 saturated carbocycles. The van der Waals surface area contributed by atoms with E-state index in [0.29, 0.717) is 6.61 Å². The zero-order chi connectivity index (χ0) is 12.1. The maximum absolute atomic E-state index is 5.57. The summed E-state index contributed by atoms with van der Waals surface area (Å²) < 4.78 is 7.23. The molecule has 0 saturated heterocycles. The van der Waals surface area contributed by atoms with Crippen LogP contribution < -0.4 is 4.74 Å². The number of hydrogen-bond donors (Lipinski definition) is 0. The number of hydrogen-bond acceptors (Lipinski definition) is 5. The highest BCUT2D eigenvalue weighted by atomic mass is 32.2. The molecule has 0 radical (unpaired) electrons. The SMILES string of the molecule is CCOc1ccccc1CSc1nnnn1C. The van der Waals surface area contributed by atoms with Gasteiger partial charge in [0.15, 0.2) is 0 Å². The first-order valence-electron chi connectivity index (χ1n) is 5.37. The van der Waals surface area contributed by atoms with Gasteiger partial charge >= 0.3 is 0 Å². The minimum Gasteiger partial charge on any atom is -0.494 e. The van der Waals surface area contributed by atoms with Gasteiger partial charge in [-0.3, -0.25) is 0 Å². The maximum atomic E-state index is 5.57. The second-order valence-electron chi connectivity index (χ2n) is 3.41. The van der Waals surface area contributed by atoms with E-state index >= 15 is 0 Å². The predicted octanol–water partition coefficient (Wildman–Crippen LogP) is 1.90. The number of aromatic nitrogens is 4. The van der Waals surface area contributed by atoms with Crippen molar-refractivity contribution in [2.75, 3.05) is 6.61 Å². The molecule has 0 aliphatic heterocycles. The molecule has 17 heavy (non-hydrogen) atoms. The van der Waals surface area contributed by atoms with Crippen LogP contribution in [-0.2, 0) is 12.8 Å². The molecule has 0 amide bonds. The molecule has 2 aromatic rings. The van der Waals surface area contributed by atoms with Crippen LogP contribution in [0, 0.1) is 0 Å². The van der Waals surface area contributed by atoms with E-state index in [1.807, 2.05) is 32.2 Å². The fourth-order valence-corrected chi connectivity index (χ4v) is 2.25. The summed E-state index contributed by atoms with van der Waals surface area (Å²) in [6, 6.07) is 8.02. The van der Waals surface area contributed by atoms with E-state index in [1.165, 1.54) is 0 Å². The van der Waals surface area contributed by atoms with E-state index in [-0.39, 0.29) is 0 Å². The van der Waals surface area contributed by atoms with Gasteiger partial charge in [0.05, 0.1) is 6.61 Å². The smallest absolute Gasteiger partial charge is 0.209 e. The Morgan fingerprint density at radius 3 is 2.88 bits per heavy atom. The molecular weight excluding hydrogens is 236 g/mol. The molecule has 90 valence electrons. The highest BCUT2D eigenvalue weighted by Crippen LogP contribution is 2.26. The van der Waals surface area contributed by atoms with Gasteiger partial charge in [0.25, 0.3) is 0 Å². The Morgan fingerprint density at radius 1 is 1.35 bits per heavy atom. The van der Waals surface area contributed by atoms with Crippen LogP contribution in [0.3, 0.4) is 0 Å². The Balaban J connectivity index is 2.06. The molecule has 1 aromatic heterocycles. The monoisotopic (exact) mass is 250 g/mol. The molecule has 5 nitrogen and oxygen atoms in total. The first-order valence-corrected chi connectivity index (χ1v) is 6.35. The quantitative estimate of drug-likeness (QED) is 0.759. The summed E-state index contributed by atoms with van der Waals surface area (Å²) in [4.78, 5) is 0. The van der Waals surface area contributed by atoms with Crippen molar-refractivity contribution in [1.82, 2.24) is 20.2 Å². The van der Waals surface area contributed by atoms with E-state index < -0.39 is 0 Å². The molecule has 0 aliphatic rings. The lowest BCUT2D eigenvalue weighted by molar-refractivity contribution is 0.337. The van der Waals surface area contributed by atoms with Gasteiger partial charge in [-0.15, -0.1) is 5.10 Å². The molecule has 0 atom stereocenters. The van der Waals surface area contributed by atoms with Crippen molar-refractivity contribution in [3.8, 4) is 5.75 Å². The Morgan fingerprint density at radius 2 is 2.18 bits per heavy atom. The molecule has 0 aliphatic carbocycles. The minimum atomic E-state index is 0.674. The van der Waals surface area contributed by atoms with Gasteiger partial charge < -0.3 is 4.74 Å². The Labute approximate surface area is 104 Å². The van der Waals surface area contributed by atoms with Crippen molar-refractivity contribution in [1.29, 1.82) is 0 Å². The van der Waals surface area contributed by atoms with E-state index in [0.717, 1.165) is 22.2 Å². The van der Waals surface area contributed by atoms with Crippen LogP contribution in [0.4, 0.5) is 0 Å². The number of aryl methyl sites for hydroxylation is 1. The van der Waals surface area contributed by atoms with Crippen molar-refractivity contribution < 1.29 is 4.74 Å². The number of benzene rings is 1. The first kappa shape index (κ1) is 11.9. The van der Waals surface area contributed by atoms with Crippen LogP contribution in [0.15, 0.2) is 29.4 Å². The standard InChI is InChI=1S/C11H14N4OS/c1-3-16-10-7-5-4-6-9(10)8-17-11-12-13-14-15(11)2/h4-7H,3,8H2,1-2H3. The summed E-state index contributed by atoms with van der Waals surface area (Å²) in [5, 5.41) is 12.1. The molecule has 6 heteroatoms. The molecule has 0 unspecified atom stereocenters. The van der Waals surface area contributed by atoms with Gasteiger partial charge in [-0.2, -0.15) is 0 Å². The minimum absolute atomic E-state index is 0.674. The fourth-order valence-electron chi connectivity index (χ4n) is 1.41. The van der Waals surface area contributed by atoms with Crippen molar-refractivity contribution in [3.63, 3.8) is 0 Å². The van der Waals surface area contributed by atoms with E-state index in [1.54, 1.807) is 16.4 Å². The molecule has 1 aromatic carbocycles. The number of tetrazole rings is 1. The summed E-state index contributed by atoms with van der Waals surface area (Å²) in [7, 11) is 1.83. The largest absolute Gasteiger partial charge is 0.494 e. The Bertz CT molecular complexity index is 486. The third kappa shape index (κ3) is 2.97. The summed E-state index contributed by atoms with van der Waals surface area (Å²) in [5.41, 5.74) is 1.15. The molecule has 0 spiro atoms. The Kier molecular flexibility index (Phi) is 3.98. The van der Waals surface area contributed by atoms with Gasteiger partial charge in [-0.1, -0.05) is 30.0 Å². The number of ether oxygens (including phenoxy) is 1. The number of nitrogens with zero attached hydrogens (tertiary/aromatic N) is 4. The molecule has 0 bridgehead atoms. The van der Waals surface area contributed by atoms with Crippen molar-refractivity contribution in [3.05, 3.63) is 29.8 Å². The van der Waals surface area contributed by atoms with Crippen LogP contribution in [-0.4, -0.2) is 26.8 Å². The highest BCUT2D eigenvalue weighted by Gasteiger charge is 2.06. The number of thioether (sulfide) groups is 1. The van der Waals surface area contributed by atoms with Crippen LogP contribution in [0.5, 0.6) is 5.75 Å². The summed E-state index contributed by atoms with van der Waals surface area (Å²) in [6.45, 7) is 2.66. The zero-order valence-electron chi connectivity index (χ0n) is 9.83. The lowest BCUT2D eigenvalue weighted by Crippen LogP contribution is -1.97. The van der Waals surface area contributed by atoms with Crippen LogP contribution in [0.25, 0.3) is 0 Å². The third-order valence-corrected chi connectivity index (χ3v) is 3.27. The van der Waals surface area contributed by atoms with Gasteiger partial charge in [0, 0.05) is 18.4 Å². The summed E-state index contributed by atoms with van der Waals surface area (Å²) in [6.07, 6.45) is 0. The Hall–Kier alpha value is -1.56. The van der Waals surface area contributed by atoms with Crippen molar-refractivity contribution in [2.24, 2.45) is 7.05 Å². The van der Waals surface area contributed by atoms with Crippen LogP contribution >= 0.6 is 11.8 Å². The normalized spacial score (nSPS) is 10.5. The van der Waals surface area contributed by atoms with Crippen molar-refractivity contribution >= 4 is 11.8 Å². The van der Waals surface area contributed by atoms with Gasteiger partial charge in [-0.25, -0.2) is 4.68 Å². The van der Waals surface area contributed by atoms with Crippen molar-refractivity contribution in [2.45, 2.75) is 17.8 Å². The lowest BCUT2D eigenvalue weighted by atomic mass is 10.2. The molecule has 1 heterocycles. The number of para-hydroxylation sites is 1. The van der Waals surface area contributed by atoms with Crippen LogP contribution in [0.1, 0.15) is 12.5 Å². The number of rotatable bonds is 5. The highest BCUT2D eigenvalue weighted by molar-refractivity contribution is 7.98. The van der Waals surface area contributed by atoms with Gasteiger partial charge in [-0.05, 0) is 23.4 Å². The molecule has 0 fully saturated rings. The summed E-state index contributed by atoms with van der Waals surface area (Å²) in [5.74, 6) is 1.72. The first-order chi connectivity index (χ1) is 8.31. The fraction of sp³-hybridized carbons (Fsp3) is 0.364. The molecule has 0 N–H and O–H groups in total. The average Bonchev–Trinajstić information content (AvgIpc) is 2.74. The van der Waals surface area contributed by atoms with E-state index in [2.05, 4.69) is 21.6 Å². The topological polar surface area (TPSA) is 52.8 Å². The average molecular weight is 250 g/mol. The molecule has 2 rings (SSSR count). The zero-order valence-corrected chi connectivity index (χ0v) is 10.6. The van der Waals surface area contributed by atoms with Crippen LogP contribution in [0.2, 0.25) is 0 Å². The second-order valence-corrected chi connectivity index (χ2v) is 4.36. The second kappa shape index (κ2) is 5.67. The lowest BCUT2D eigenvalue weighted by Gasteiger charge is -2.08. The van der Waals surface area contributed by atoms with Gasteiger partial charge in [0.2, 0.25) is 5.16 Å². The van der Waals surface area contributed by atoms with Gasteiger partial charge in [0.1, 0.15) is 5.75 Å². The predicted molar refractivity (Wildman–Crippen MR) is 66.0 cm³/mol. The third-order valence-electron chi connectivity index (χ3n) is 2.21. The van der Waals surface area contributed by atoms with E-state index in [9.17, 15) is 0 Å². The maximum Gasteiger partial charge on any atom is 0.209 e.